The molecule has 0 amide bonds. The van der Waals surface area contributed by atoms with Gasteiger partial charge in [0.15, 0.2) is 0 Å². The highest BCUT2D eigenvalue weighted by molar-refractivity contribution is 5.68. The summed E-state index contributed by atoms with van der Waals surface area (Å²) < 4.78 is 0. The van der Waals surface area contributed by atoms with E-state index in [2.05, 4.69) is 11.9 Å². The smallest absolute Gasteiger partial charge is 0.317 e. The van der Waals surface area contributed by atoms with Crippen molar-refractivity contribution in [1.82, 2.24) is 9.80 Å². The number of hydrogen-bond donors (Lipinski definition) is 1. The van der Waals surface area contributed by atoms with Crippen molar-refractivity contribution in [1.29, 1.82) is 0 Å². The Morgan fingerprint density at radius 3 is 2.67 bits per heavy atom. The summed E-state index contributed by atoms with van der Waals surface area (Å²) in [7, 11) is 3.93. The molecular formula is C8H16N2O2. The lowest BCUT2D eigenvalue weighted by atomic mass is 10.0. The summed E-state index contributed by atoms with van der Waals surface area (Å²) in [5, 5.41) is 8.49. The van der Waals surface area contributed by atoms with Gasteiger partial charge in [0.05, 0.1) is 6.54 Å². The predicted octanol–water partition coefficient (Wildman–Crippen LogP) is -0.436. The van der Waals surface area contributed by atoms with Crippen LogP contribution >= 0.6 is 0 Å². The summed E-state index contributed by atoms with van der Waals surface area (Å²) in [6, 6.07) is 0. The summed E-state index contributed by atoms with van der Waals surface area (Å²) in [5.74, 6) is -0.0791. The summed E-state index contributed by atoms with van der Waals surface area (Å²) >= 11 is 0. The fourth-order valence-corrected chi connectivity index (χ4v) is 1.68. The monoisotopic (exact) mass is 172 g/mol. The number of nitrogens with zero attached hydrogens (tertiary/aromatic N) is 2. The summed E-state index contributed by atoms with van der Waals surface area (Å²) in [5.41, 5.74) is 0. The molecule has 1 fully saturated rings. The Morgan fingerprint density at radius 1 is 1.67 bits per heavy atom. The third kappa shape index (κ3) is 2.79. The van der Waals surface area contributed by atoms with Gasteiger partial charge in [0.1, 0.15) is 0 Å². The van der Waals surface area contributed by atoms with E-state index in [1.807, 2.05) is 11.9 Å². The molecule has 0 aromatic rings. The highest BCUT2D eigenvalue weighted by Gasteiger charge is 2.24. The minimum Gasteiger partial charge on any atom is -0.480 e. The Hall–Kier alpha value is -0.610. The van der Waals surface area contributed by atoms with Crippen molar-refractivity contribution in [3.63, 3.8) is 0 Å². The predicted molar refractivity (Wildman–Crippen MR) is 46.1 cm³/mol. The number of rotatable bonds is 4. The molecule has 4 heteroatoms. The lowest BCUT2D eigenvalue weighted by Crippen LogP contribution is -2.49. The standard InChI is InChI=1S/C8H16N2O2/c1-9-3-7(4-9)5-10(2)6-8(11)12/h7H,3-6H2,1-2H3,(H,11,12). The van der Waals surface area contributed by atoms with Crippen molar-refractivity contribution in [2.45, 2.75) is 0 Å². The molecule has 0 aliphatic carbocycles. The zero-order valence-corrected chi connectivity index (χ0v) is 7.66. The van der Waals surface area contributed by atoms with Gasteiger partial charge in [-0.1, -0.05) is 0 Å². The van der Waals surface area contributed by atoms with Crippen LogP contribution in [0.25, 0.3) is 0 Å². The molecule has 1 saturated heterocycles. The first-order valence-electron chi connectivity index (χ1n) is 4.17. The first-order chi connectivity index (χ1) is 5.58. The topological polar surface area (TPSA) is 43.8 Å². The van der Waals surface area contributed by atoms with Crippen molar-refractivity contribution in [3.8, 4) is 0 Å². The normalized spacial score (nSPS) is 19.6. The fraction of sp³-hybridized carbons (Fsp3) is 0.875. The molecule has 1 N–H and O–H groups in total. The maximum absolute atomic E-state index is 10.3. The third-order valence-electron chi connectivity index (χ3n) is 2.11. The second kappa shape index (κ2) is 3.87. The molecule has 1 aliphatic rings. The molecule has 0 unspecified atom stereocenters. The summed E-state index contributed by atoms with van der Waals surface area (Å²) in [6.45, 7) is 3.25. The number of hydrogen-bond acceptors (Lipinski definition) is 3. The van der Waals surface area contributed by atoms with E-state index < -0.39 is 5.97 Å². The van der Waals surface area contributed by atoms with Crippen molar-refractivity contribution in [2.24, 2.45) is 5.92 Å². The van der Waals surface area contributed by atoms with Crippen LogP contribution in [0, 0.1) is 5.92 Å². The number of likely N-dealkylation sites (tertiary alicyclic amines) is 1. The SMILES string of the molecule is CN(CC(=O)O)CC1CN(C)C1. The van der Waals surface area contributed by atoms with Gasteiger partial charge in [-0.2, -0.15) is 0 Å². The van der Waals surface area contributed by atoms with Gasteiger partial charge in [0.2, 0.25) is 0 Å². The second-order valence-electron chi connectivity index (χ2n) is 3.68. The van der Waals surface area contributed by atoms with Crippen molar-refractivity contribution in [2.75, 3.05) is 40.3 Å². The van der Waals surface area contributed by atoms with Gasteiger partial charge < -0.3 is 10.0 Å². The molecule has 0 radical (unpaired) electrons. The lowest BCUT2D eigenvalue weighted by Gasteiger charge is -2.38. The average molecular weight is 172 g/mol. The van der Waals surface area contributed by atoms with E-state index >= 15 is 0 Å². The van der Waals surface area contributed by atoms with E-state index in [0.717, 1.165) is 19.6 Å². The van der Waals surface area contributed by atoms with Gasteiger partial charge in [-0.05, 0) is 20.0 Å². The molecule has 0 atom stereocenters. The van der Waals surface area contributed by atoms with Gasteiger partial charge in [-0.15, -0.1) is 0 Å². The molecule has 1 heterocycles. The van der Waals surface area contributed by atoms with E-state index in [1.54, 1.807) is 0 Å². The maximum atomic E-state index is 10.3. The second-order valence-corrected chi connectivity index (χ2v) is 3.68. The van der Waals surface area contributed by atoms with Crippen LogP contribution in [0.1, 0.15) is 0 Å². The number of likely N-dealkylation sites (N-methyl/N-ethyl adjacent to an activating group) is 1. The van der Waals surface area contributed by atoms with Gasteiger partial charge in [0, 0.05) is 19.6 Å². The van der Waals surface area contributed by atoms with E-state index in [9.17, 15) is 4.79 Å². The molecule has 1 aliphatic heterocycles. The molecular weight excluding hydrogens is 156 g/mol. The minimum absolute atomic E-state index is 0.153. The van der Waals surface area contributed by atoms with Gasteiger partial charge in [0.25, 0.3) is 0 Å². The highest BCUT2D eigenvalue weighted by atomic mass is 16.4. The first kappa shape index (κ1) is 9.48. The van der Waals surface area contributed by atoms with Crippen LogP contribution in [0.3, 0.4) is 0 Å². The van der Waals surface area contributed by atoms with Gasteiger partial charge >= 0.3 is 5.97 Å². The lowest BCUT2D eigenvalue weighted by molar-refractivity contribution is -0.138. The maximum Gasteiger partial charge on any atom is 0.317 e. The van der Waals surface area contributed by atoms with E-state index in [0.29, 0.717) is 5.92 Å². The molecule has 4 nitrogen and oxygen atoms in total. The first-order valence-corrected chi connectivity index (χ1v) is 4.17. The Kier molecular flexibility index (Phi) is 3.05. The number of carbonyl (C=O) groups is 1. The zero-order chi connectivity index (χ0) is 9.14. The Balaban J connectivity index is 2.10. The van der Waals surface area contributed by atoms with Crippen LogP contribution in [0.5, 0.6) is 0 Å². The van der Waals surface area contributed by atoms with Crippen LogP contribution in [-0.4, -0.2) is 61.2 Å². The quantitative estimate of drug-likeness (QED) is 0.624. The number of carboxylic acid groups (broad SMARTS) is 1. The average Bonchev–Trinajstić information content (AvgIpc) is 1.82. The van der Waals surface area contributed by atoms with Crippen LogP contribution < -0.4 is 0 Å². The molecule has 12 heavy (non-hydrogen) atoms. The molecule has 0 bridgehead atoms. The third-order valence-corrected chi connectivity index (χ3v) is 2.11. The Morgan fingerprint density at radius 2 is 2.25 bits per heavy atom. The summed E-state index contributed by atoms with van der Waals surface area (Å²) in [6.07, 6.45) is 0. The Bertz CT molecular complexity index is 166. The minimum atomic E-state index is -0.745. The molecule has 0 saturated carbocycles. The van der Waals surface area contributed by atoms with Crippen molar-refractivity contribution >= 4 is 5.97 Å². The zero-order valence-electron chi connectivity index (χ0n) is 7.66. The van der Waals surface area contributed by atoms with E-state index in [-0.39, 0.29) is 6.54 Å². The van der Waals surface area contributed by atoms with Crippen LogP contribution in [-0.2, 0) is 4.79 Å². The van der Waals surface area contributed by atoms with Crippen molar-refractivity contribution < 1.29 is 9.90 Å². The number of aliphatic carboxylic acids is 1. The van der Waals surface area contributed by atoms with Crippen LogP contribution in [0.4, 0.5) is 0 Å². The number of carboxylic acids is 1. The molecule has 1 rings (SSSR count). The summed E-state index contributed by atoms with van der Waals surface area (Å²) in [4.78, 5) is 14.4. The highest BCUT2D eigenvalue weighted by Crippen LogP contribution is 2.12. The molecule has 0 aromatic carbocycles. The molecule has 70 valence electrons. The van der Waals surface area contributed by atoms with Crippen molar-refractivity contribution in [3.05, 3.63) is 0 Å². The van der Waals surface area contributed by atoms with E-state index in [1.165, 1.54) is 0 Å². The fourth-order valence-electron chi connectivity index (χ4n) is 1.68. The molecule has 0 spiro atoms. The van der Waals surface area contributed by atoms with Crippen LogP contribution in [0.2, 0.25) is 0 Å². The molecule has 0 aromatic heterocycles. The van der Waals surface area contributed by atoms with Gasteiger partial charge in [-0.25, -0.2) is 0 Å². The van der Waals surface area contributed by atoms with E-state index in [4.69, 9.17) is 5.11 Å². The Labute approximate surface area is 72.8 Å². The van der Waals surface area contributed by atoms with Gasteiger partial charge in [-0.3, -0.25) is 9.69 Å². The largest absolute Gasteiger partial charge is 0.480 e. The van der Waals surface area contributed by atoms with Crippen LogP contribution in [0.15, 0.2) is 0 Å².